The van der Waals surface area contributed by atoms with Gasteiger partial charge in [-0.2, -0.15) is 0 Å². The first-order chi connectivity index (χ1) is 9.29. The molecule has 0 aliphatic rings. The van der Waals surface area contributed by atoms with Gasteiger partial charge in [-0.25, -0.2) is 8.42 Å². The zero-order valence-corrected chi connectivity index (χ0v) is 13.6. The zero-order valence-electron chi connectivity index (χ0n) is 12.8. The van der Waals surface area contributed by atoms with Gasteiger partial charge < -0.3 is 10.2 Å². The summed E-state index contributed by atoms with van der Waals surface area (Å²) in [6, 6.07) is 1.97. The summed E-state index contributed by atoms with van der Waals surface area (Å²) in [6.07, 6.45) is 4.81. The SMILES string of the molecule is CC(C)CNCc1ccncc1N(C)CCS(C)(=O)=O. The number of rotatable bonds is 8. The van der Waals surface area contributed by atoms with Crippen molar-refractivity contribution < 1.29 is 8.42 Å². The van der Waals surface area contributed by atoms with Crippen molar-refractivity contribution in [1.82, 2.24) is 10.3 Å². The molecule has 0 amide bonds. The van der Waals surface area contributed by atoms with E-state index < -0.39 is 9.84 Å². The maximum absolute atomic E-state index is 11.2. The van der Waals surface area contributed by atoms with E-state index in [1.165, 1.54) is 6.26 Å². The van der Waals surface area contributed by atoms with Crippen LogP contribution in [0.2, 0.25) is 0 Å². The smallest absolute Gasteiger partial charge is 0.149 e. The predicted octanol–water partition coefficient (Wildman–Crippen LogP) is 1.31. The molecule has 0 bridgehead atoms. The fourth-order valence-corrected chi connectivity index (χ4v) is 2.43. The highest BCUT2D eigenvalue weighted by atomic mass is 32.2. The van der Waals surface area contributed by atoms with Gasteiger partial charge in [-0.1, -0.05) is 13.8 Å². The second kappa shape index (κ2) is 7.59. The molecular formula is C14H25N3O2S. The molecule has 0 saturated carbocycles. The first-order valence-corrected chi connectivity index (χ1v) is 8.88. The van der Waals surface area contributed by atoms with Gasteiger partial charge in [-0.15, -0.1) is 0 Å². The van der Waals surface area contributed by atoms with Crippen molar-refractivity contribution in [2.45, 2.75) is 20.4 Å². The van der Waals surface area contributed by atoms with Crippen LogP contribution in [0.15, 0.2) is 18.5 Å². The van der Waals surface area contributed by atoms with Gasteiger partial charge in [-0.3, -0.25) is 4.98 Å². The molecule has 1 heterocycles. The monoisotopic (exact) mass is 299 g/mol. The van der Waals surface area contributed by atoms with E-state index in [1.54, 1.807) is 12.4 Å². The molecule has 20 heavy (non-hydrogen) atoms. The minimum atomic E-state index is -2.95. The Hall–Kier alpha value is -1.14. The third kappa shape index (κ3) is 6.34. The minimum absolute atomic E-state index is 0.150. The molecule has 0 unspecified atom stereocenters. The van der Waals surface area contributed by atoms with Gasteiger partial charge in [0.25, 0.3) is 0 Å². The van der Waals surface area contributed by atoms with E-state index in [4.69, 9.17) is 0 Å². The molecule has 6 heteroatoms. The van der Waals surface area contributed by atoms with E-state index in [2.05, 4.69) is 24.1 Å². The minimum Gasteiger partial charge on any atom is -0.372 e. The van der Waals surface area contributed by atoms with Crippen LogP contribution in [0, 0.1) is 5.92 Å². The number of pyridine rings is 1. The lowest BCUT2D eigenvalue weighted by Gasteiger charge is -2.22. The highest BCUT2D eigenvalue weighted by Crippen LogP contribution is 2.17. The maximum atomic E-state index is 11.2. The molecule has 1 aromatic heterocycles. The molecule has 0 saturated heterocycles. The second-order valence-corrected chi connectivity index (χ2v) is 7.84. The molecule has 0 fully saturated rings. The fraction of sp³-hybridized carbons (Fsp3) is 0.643. The Morgan fingerprint density at radius 2 is 2.10 bits per heavy atom. The van der Waals surface area contributed by atoms with Crippen molar-refractivity contribution in [2.75, 3.05) is 37.0 Å². The van der Waals surface area contributed by atoms with Crippen molar-refractivity contribution in [3.05, 3.63) is 24.0 Å². The molecule has 0 spiro atoms. The Balaban J connectivity index is 2.68. The van der Waals surface area contributed by atoms with Crippen molar-refractivity contribution >= 4 is 15.5 Å². The zero-order chi connectivity index (χ0) is 15.2. The molecule has 5 nitrogen and oxygen atoms in total. The summed E-state index contributed by atoms with van der Waals surface area (Å²) in [5, 5.41) is 3.40. The van der Waals surface area contributed by atoms with E-state index in [0.29, 0.717) is 12.5 Å². The second-order valence-electron chi connectivity index (χ2n) is 5.58. The molecule has 114 valence electrons. The van der Waals surface area contributed by atoms with Gasteiger partial charge in [0.1, 0.15) is 9.84 Å². The highest BCUT2D eigenvalue weighted by molar-refractivity contribution is 7.90. The van der Waals surface area contributed by atoms with Crippen molar-refractivity contribution in [1.29, 1.82) is 0 Å². The topological polar surface area (TPSA) is 62.3 Å². The number of hydrogen-bond donors (Lipinski definition) is 1. The number of aromatic nitrogens is 1. The van der Waals surface area contributed by atoms with Gasteiger partial charge in [0.2, 0.25) is 0 Å². The van der Waals surface area contributed by atoms with E-state index >= 15 is 0 Å². The third-order valence-corrected chi connectivity index (χ3v) is 3.89. The number of nitrogens with one attached hydrogen (secondary N) is 1. The van der Waals surface area contributed by atoms with E-state index in [-0.39, 0.29) is 5.75 Å². The average Bonchev–Trinajstić information content (AvgIpc) is 2.35. The van der Waals surface area contributed by atoms with Crippen LogP contribution in [-0.4, -0.2) is 45.5 Å². The molecule has 0 aliphatic heterocycles. The summed E-state index contributed by atoms with van der Waals surface area (Å²) in [5.41, 5.74) is 2.11. The summed E-state index contributed by atoms with van der Waals surface area (Å²) >= 11 is 0. The van der Waals surface area contributed by atoms with E-state index in [0.717, 1.165) is 24.3 Å². The van der Waals surface area contributed by atoms with Gasteiger partial charge >= 0.3 is 0 Å². The summed E-state index contributed by atoms with van der Waals surface area (Å²) in [7, 11) is -1.05. The maximum Gasteiger partial charge on any atom is 0.149 e. The Kier molecular flexibility index (Phi) is 6.42. The van der Waals surface area contributed by atoms with Crippen LogP contribution in [0.3, 0.4) is 0 Å². The number of hydrogen-bond acceptors (Lipinski definition) is 5. The lowest BCUT2D eigenvalue weighted by molar-refractivity contribution is 0.552. The quantitative estimate of drug-likeness (QED) is 0.784. The molecule has 1 aromatic rings. The molecule has 0 atom stereocenters. The Morgan fingerprint density at radius 1 is 1.40 bits per heavy atom. The van der Waals surface area contributed by atoms with Crippen LogP contribution in [0.4, 0.5) is 5.69 Å². The Morgan fingerprint density at radius 3 is 2.70 bits per heavy atom. The summed E-state index contributed by atoms with van der Waals surface area (Å²) < 4.78 is 22.5. The van der Waals surface area contributed by atoms with Gasteiger partial charge in [0, 0.05) is 32.6 Å². The average molecular weight is 299 g/mol. The summed E-state index contributed by atoms with van der Waals surface area (Å²) in [6.45, 7) is 6.52. The molecule has 0 aromatic carbocycles. The predicted molar refractivity (Wildman–Crippen MR) is 83.8 cm³/mol. The molecule has 0 radical (unpaired) electrons. The number of sulfone groups is 1. The van der Waals surface area contributed by atoms with Gasteiger partial charge in [-0.05, 0) is 24.1 Å². The fourth-order valence-electron chi connectivity index (χ4n) is 1.83. The van der Waals surface area contributed by atoms with Crippen LogP contribution in [0.25, 0.3) is 0 Å². The van der Waals surface area contributed by atoms with Crippen molar-refractivity contribution in [2.24, 2.45) is 5.92 Å². The highest BCUT2D eigenvalue weighted by Gasteiger charge is 2.10. The Labute approximate surface area is 122 Å². The van der Waals surface area contributed by atoms with E-state index in [1.807, 2.05) is 18.0 Å². The number of anilines is 1. The first-order valence-electron chi connectivity index (χ1n) is 6.82. The summed E-state index contributed by atoms with van der Waals surface area (Å²) in [4.78, 5) is 6.08. The molecule has 1 rings (SSSR count). The van der Waals surface area contributed by atoms with Crippen LogP contribution in [0.1, 0.15) is 19.4 Å². The standard InChI is InChI=1S/C14H25N3O2S/c1-12(2)9-16-10-13-5-6-15-11-14(13)17(3)7-8-20(4,18)19/h5-6,11-12,16H,7-10H2,1-4H3. The van der Waals surface area contributed by atoms with Crippen LogP contribution in [0.5, 0.6) is 0 Å². The summed E-state index contributed by atoms with van der Waals surface area (Å²) in [5.74, 6) is 0.750. The Bertz CT molecular complexity index is 515. The van der Waals surface area contributed by atoms with Crippen molar-refractivity contribution in [3.63, 3.8) is 0 Å². The van der Waals surface area contributed by atoms with Crippen molar-refractivity contribution in [3.8, 4) is 0 Å². The largest absolute Gasteiger partial charge is 0.372 e. The first kappa shape index (κ1) is 16.9. The lowest BCUT2D eigenvalue weighted by Crippen LogP contribution is -2.27. The van der Waals surface area contributed by atoms with Crippen LogP contribution < -0.4 is 10.2 Å². The number of nitrogens with zero attached hydrogens (tertiary/aromatic N) is 2. The third-order valence-electron chi connectivity index (χ3n) is 2.96. The normalized spacial score (nSPS) is 11.8. The molecule has 1 N–H and O–H groups in total. The molecule has 0 aliphatic carbocycles. The molecular weight excluding hydrogens is 274 g/mol. The lowest BCUT2D eigenvalue weighted by atomic mass is 10.2. The van der Waals surface area contributed by atoms with Gasteiger partial charge in [0.05, 0.1) is 17.6 Å². The van der Waals surface area contributed by atoms with Gasteiger partial charge in [0.15, 0.2) is 0 Å². The van der Waals surface area contributed by atoms with Crippen LogP contribution in [-0.2, 0) is 16.4 Å². The van der Waals surface area contributed by atoms with Crippen LogP contribution >= 0.6 is 0 Å². The van der Waals surface area contributed by atoms with E-state index in [9.17, 15) is 8.42 Å².